The van der Waals surface area contributed by atoms with Crippen LogP contribution in [0.25, 0.3) is 5.69 Å². The van der Waals surface area contributed by atoms with Gasteiger partial charge in [0.2, 0.25) is 0 Å². The number of nitro benzene ring substituents is 1. The molecule has 0 fully saturated rings. The van der Waals surface area contributed by atoms with Crippen LogP contribution >= 0.6 is 0 Å². The van der Waals surface area contributed by atoms with Gasteiger partial charge in [-0.05, 0) is 13.0 Å². The lowest BCUT2D eigenvalue weighted by Gasteiger charge is -2.07. The van der Waals surface area contributed by atoms with Crippen molar-refractivity contribution in [1.29, 1.82) is 0 Å². The lowest BCUT2D eigenvalue weighted by Crippen LogP contribution is -2.03. The van der Waals surface area contributed by atoms with E-state index in [9.17, 15) is 14.9 Å². The van der Waals surface area contributed by atoms with Crippen LogP contribution in [0.15, 0.2) is 24.4 Å². The number of methoxy groups -OCH3 is 1. The number of aryl methyl sites for hydroxylation is 1. The Morgan fingerprint density at radius 2 is 2.20 bits per heavy atom. The molecule has 0 spiro atoms. The standard InChI is InChI=1S/C12H11N3O5/c1-7-6-14(13-11(7)12(16)17)9-5-8(15(18)19)3-4-10(9)20-2/h3-6H,1-2H3,(H,16,17). The fraction of sp³-hybridized carbons (Fsp3) is 0.167. The molecule has 0 saturated heterocycles. The molecular weight excluding hydrogens is 266 g/mol. The smallest absolute Gasteiger partial charge is 0.356 e. The summed E-state index contributed by atoms with van der Waals surface area (Å²) in [6.07, 6.45) is 1.48. The molecule has 1 heterocycles. The van der Waals surface area contributed by atoms with Gasteiger partial charge in [0.1, 0.15) is 11.4 Å². The van der Waals surface area contributed by atoms with E-state index in [1.54, 1.807) is 6.92 Å². The largest absolute Gasteiger partial charge is 0.494 e. The van der Waals surface area contributed by atoms with Crippen LogP contribution in [0.5, 0.6) is 5.75 Å². The number of nitrogens with zero attached hydrogens (tertiary/aromatic N) is 3. The summed E-state index contributed by atoms with van der Waals surface area (Å²) in [5.41, 5.74) is 0.507. The minimum atomic E-state index is -1.16. The van der Waals surface area contributed by atoms with E-state index < -0.39 is 10.9 Å². The van der Waals surface area contributed by atoms with Crippen molar-refractivity contribution in [3.05, 3.63) is 45.8 Å². The highest BCUT2D eigenvalue weighted by Gasteiger charge is 2.17. The van der Waals surface area contributed by atoms with E-state index in [1.807, 2.05) is 0 Å². The number of hydrogen-bond acceptors (Lipinski definition) is 5. The molecule has 1 aromatic heterocycles. The quantitative estimate of drug-likeness (QED) is 0.674. The zero-order valence-corrected chi connectivity index (χ0v) is 10.7. The predicted molar refractivity (Wildman–Crippen MR) is 68.5 cm³/mol. The number of aromatic nitrogens is 2. The van der Waals surface area contributed by atoms with Crippen molar-refractivity contribution < 1.29 is 19.6 Å². The van der Waals surface area contributed by atoms with Crippen LogP contribution in [0.3, 0.4) is 0 Å². The van der Waals surface area contributed by atoms with Gasteiger partial charge in [0.05, 0.1) is 12.0 Å². The molecule has 0 atom stereocenters. The number of nitro groups is 1. The lowest BCUT2D eigenvalue weighted by atomic mass is 10.2. The maximum atomic E-state index is 11.0. The summed E-state index contributed by atoms with van der Waals surface area (Å²) in [6, 6.07) is 4.01. The summed E-state index contributed by atoms with van der Waals surface area (Å²) in [4.78, 5) is 21.2. The molecule has 8 heteroatoms. The first-order valence-electron chi connectivity index (χ1n) is 5.56. The summed E-state index contributed by atoms with van der Waals surface area (Å²) in [5, 5.41) is 23.7. The van der Waals surface area contributed by atoms with Gasteiger partial charge in [0, 0.05) is 23.9 Å². The summed E-state index contributed by atoms with van der Waals surface area (Å²) >= 11 is 0. The number of ether oxygens (including phenoxy) is 1. The Morgan fingerprint density at radius 3 is 2.70 bits per heavy atom. The Labute approximate surface area is 113 Å². The Bertz CT molecular complexity index is 692. The monoisotopic (exact) mass is 277 g/mol. The molecule has 1 N–H and O–H groups in total. The van der Waals surface area contributed by atoms with E-state index in [4.69, 9.17) is 9.84 Å². The molecule has 0 unspecified atom stereocenters. The predicted octanol–water partition coefficient (Wildman–Crippen LogP) is 1.80. The summed E-state index contributed by atoms with van der Waals surface area (Å²) in [5.74, 6) is -0.805. The molecule has 104 valence electrons. The molecular formula is C12H11N3O5. The Balaban J connectivity index is 2.61. The molecule has 20 heavy (non-hydrogen) atoms. The summed E-state index contributed by atoms with van der Waals surface area (Å²) in [7, 11) is 1.42. The fourth-order valence-electron chi connectivity index (χ4n) is 1.77. The zero-order valence-electron chi connectivity index (χ0n) is 10.7. The number of carboxylic acids is 1. The second-order valence-electron chi connectivity index (χ2n) is 4.02. The van der Waals surface area contributed by atoms with E-state index in [0.717, 1.165) is 0 Å². The molecule has 1 aromatic carbocycles. The van der Waals surface area contributed by atoms with Crippen molar-refractivity contribution in [2.24, 2.45) is 0 Å². The number of benzene rings is 1. The molecule has 0 radical (unpaired) electrons. The minimum absolute atomic E-state index is 0.112. The van der Waals surface area contributed by atoms with E-state index in [0.29, 0.717) is 17.0 Å². The fourth-order valence-corrected chi connectivity index (χ4v) is 1.77. The number of non-ortho nitro benzene ring substituents is 1. The first-order valence-corrected chi connectivity index (χ1v) is 5.56. The molecule has 0 saturated carbocycles. The van der Waals surface area contributed by atoms with Crippen LogP contribution in [0, 0.1) is 17.0 Å². The van der Waals surface area contributed by atoms with Gasteiger partial charge in [-0.2, -0.15) is 5.10 Å². The van der Waals surface area contributed by atoms with Gasteiger partial charge in [-0.1, -0.05) is 0 Å². The molecule has 8 nitrogen and oxygen atoms in total. The SMILES string of the molecule is COc1ccc([N+](=O)[O-])cc1-n1cc(C)c(C(=O)O)n1. The average molecular weight is 277 g/mol. The maximum Gasteiger partial charge on any atom is 0.356 e. The number of carboxylic acid groups (broad SMARTS) is 1. The number of aromatic carboxylic acids is 1. The van der Waals surface area contributed by atoms with Gasteiger partial charge in [0.25, 0.3) is 5.69 Å². The van der Waals surface area contributed by atoms with Crippen LogP contribution in [0.1, 0.15) is 16.1 Å². The highest BCUT2D eigenvalue weighted by atomic mass is 16.6. The van der Waals surface area contributed by atoms with Crippen molar-refractivity contribution in [3.8, 4) is 11.4 Å². The normalized spacial score (nSPS) is 10.3. The van der Waals surface area contributed by atoms with E-state index in [1.165, 1.54) is 36.2 Å². The molecule has 0 amide bonds. The van der Waals surface area contributed by atoms with Crippen LogP contribution in [-0.2, 0) is 0 Å². The number of rotatable bonds is 4. The van der Waals surface area contributed by atoms with Gasteiger partial charge in [-0.3, -0.25) is 10.1 Å². The van der Waals surface area contributed by atoms with Crippen molar-refractivity contribution in [3.63, 3.8) is 0 Å². The van der Waals surface area contributed by atoms with Crippen LogP contribution in [-0.4, -0.2) is 32.9 Å². The molecule has 0 aliphatic carbocycles. The Morgan fingerprint density at radius 1 is 1.50 bits per heavy atom. The summed E-state index contributed by atoms with van der Waals surface area (Å²) < 4.78 is 6.37. The van der Waals surface area contributed by atoms with E-state index in [2.05, 4.69) is 5.10 Å². The van der Waals surface area contributed by atoms with Crippen LogP contribution in [0.2, 0.25) is 0 Å². The Kier molecular flexibility index (Phi) is 3.38. The second-order valence-corrected chi connectivity index (χ2v) is 4.02. The third-order valence-electron chi connectivity index (χ3n) is 2.72. The minimum Gasteiger partial charge on any atom is -0.494 e. The van der Waals surface area contributed by atoms with Crippen molar-refractivity contribution in [2.75, 3.05) is 7.11 Å². The van der Waals surface area contributed by atoms with E-state index >= 15 is 0 Å². The van der Waals surface area contributed by atoms with Gasteiger partial charge >= 0.3 is 5.97 Å². The first kappa shape index (κ1) is 13.5. The first-order chi connectivity index (χ1) is 9.43. The molecule has 0 bridgehead atoms. The molecule has 2 rings (SSSR count). The average Bonchev–Trinajstić information content (AvgIpc) is 2.80. The van der Waals surface area contributed by atoms with Gasteiger partial charge in [-0.25, -0.2) is 9.48 Å². The Hall–Kier alpha value is -2.90. The molecule has 0 aliphatic heterocycles. The number of hydrogen-bond donors (Lipinski definition) is 1. The van der Waals surface area contributed by atoms with Gasteiger partial charge < -0.3 is 9.84 Å². The number of carbonyl (C=O) groups is 1. The molecule has 2 aromatic rings. The highest BCUT2D eigenvalue weighted by Crippen LogP contribution is 2.27. The molecule has 0 aliphatic rings. The third-order valence-corrected chi connectivity index (χ3v) is 2.72. The third kappa shape index (κ3) is 2.30. The topological polar surface area (TPSA) is 107 Å². The highest BCUT2D eigenvalue weighted by molar-refractivity contribution is 5.86. The zero-order chi connectivity index (χ0) is 14.9. The maximum absolute atomic E-state index is 11.0. The van der Waals surface area contributed by atoms with Crippen LogP contribution in [0.4, 0.5) is 5.69 Å². The van der Waals surface area contributed by atoms with Gasteiger partial charge in [-0.15, -0.1) is 0 Å². The summed E-state index contributed by atoms with van der Waals surface area (Å²) in [6.45, 7) is 1.59. The van der Waals surface area contributed by atoms with Gasteiger partial charge in [0.15, 0.2) is 5.69 Å². The van der Waals surface area contributed by atoms with Crippen molar-refractivity contribution in [2.45, 2.75) is 6.92 Å². The van der Waals surface area contributed by atoms with Crippen LogP contribution < -0.4 is 4.74 Å². The van der Waals surface area contributed by atoms with E-state index in [-0.39, 0.29) is 11.4 Å². The lowest BCUT2D eigenvalue weighted by molar-refractivity contribution is -0.384. The van der Waals surface area contributed by atoms with Crippen molar-refractivity contribution >= 4 is 11.7 Å². The van der Waals surface area contributed by atoms with Crippen molar-refractivity contribution in [1.82, 2.24) is 9.78 Å². The second kappa shape index (κ2) is 5.00.